The van der Waals surface area contributed by atoms with Gasteiger partial charge in [0.25, 0.3) is 0 Å². The highest BCUT2D eigenvalue weighted by molar-refractivity contribution is 6.08. The molecule has 0 atom stereocenters. The number of hydrogen-bond acceptors (Lipinski definition) is 2. The Balaban J connectivity index is 2.66. The number of aromatic amines is 1. The van der Waals surface area contributed by atoms with Crippen LogP contribution >= 0.6 is 0 Å². The van der Waals surface area contributed by atoms with E-state index < -0.39 is 6.61 Å². The van der Waals surface area contributed by atoms with E-state index >= 15 is 0 Å². The number of aliphatic hydroxyl groups excluding tert-OH is 1. The highest BCUT2D eigenvalue weighted by Crippen LogP contribution is 2.22. The Hall–Kier alpha value is -1.61. The molecule has 1 aromatic heterocycles. The van der Waals surface area contributed by atoms with Gasteiger partial charge in [-0.25, -0.2) is 0 Å². The number of H-pyrrole nitrogens is 1. The lowest BCUT2D eigenvalue weighted by molar-refractivity contribution is 0.0905. The van der Waals surface area contributed by atoms with Crippen molar-refractivity contribution in [3.8, 4) is 0 Å². The molecule has 0 spiro atoms. The minimum atomic E-state index is -0.441. The van der Waals surface area contributed by atoms with Crippen molar-refractivity contribution < 1.29 is 9.90 Å². The fraction of sp³-hybridized carbons (Fsp3) is 0.250. The Morgan fingerprint density at radius 3 is 2.93 bits per heavy atom. The smallest absolute Gasteiger partial charge is 0.190 e. The number of carbonyl (C=O) groups excluding carboxylic acids is 1. The third-order valence-corrected chi connectivity index (χ3v) is 2.63. The van der Waals surface area contributed by atoms with Gasteiger partial charge in [-0.2, -0.15) is 0 Å². The third-order valence-electron chi connectivity index (χ3n) is 2.63. The van der Waals surface area contributed by atoms with Crippen molar-refractivity contribution in [2.24, 2.45) is 0 Å². The van der Waals surface area contributed by atoms with Crippen LogP contribution in [0.4, 0.5) is 0 Å². The van der Waals surface area contributed by atoms with Gasteiger partial charge in [0.2, 0.25) is 0 Å². The molecule has 0 fully saturated rings. The molecule has 0 bridgehead atoms. The Morgan fingerprint density at radius 2 is 2.27 bits per heavy atom. The van der Waals surface area contributed by atoms with E-state index in [-0.39, 0.29) is 5.78 Å². The molecular weight excluding hydrogens is 190 g/mol. The number of para-hydroxylation sites is 1. The maximum atomic E-state index is 11.4. The first-order valence-corrected chi connectivity index (χ1v) is 5.01. The van der Waals surface area contributed by atoms with Gasteiger partial charge in [0, 0.05) is 22.7 Å². The van der Waals surface area contributed by atoms with E-state index in [9.17, 15) is 4.79 Å². The normalized spacial score (nSPS) is 10.8. The summed E-state index contributed by atoms with van der Waals surface area (Å²) >= 11 is 0. The zero-order valence-electron chi connectivity index (χ0n) is 8.58. The Kier molecular flexibility index (Phi) is 2.56. The van der Waals surface area contributed by atoms with Crippen LogP contribution in [-0.2, 0) is 6.42 Å². The molecule has 2 aromatic rings. The van der Waals surface area contributed by atoms with Gasteiger partial charge in [0.1, 0.15) is 6.61 Å². The van der Waals surface area contributed by atoms with Crippen LogP contribution in [-0.4, -0.2) is 22.5 Å². The Morgan fingerprint density at radius 1 is 1.47 bits per heavy atom. The van der Waals surface area contributed by atoms with Gasteiger partial charge in [0.15, 0.2) is 5.78 Å². The maximum Gasteiger partial charge on any atom is 0.190 e. The van der Waals surface area contributed by atoms with E-state index in [2.05, 4.69) is 11.9 Å². The summed E-state index contributed by atoms with van der Waals surface area (Å²) in [7, 11) is 0. The molecule has 3 heteroatoms. The van der Waals surface area contributed by atoms with Gasteiger partial charge in [-0.15, -0.1) is 0 Å². The molecular formula is C12H13NO2. The zero-order valence-corrected chi connectivity index (χ0v) is 8.58. The topological polar surface area (TPSA) is 53.1 Å². The lowest BCUT2D eigenvalue weighted by atomic mass is 10.1. The molecule has 15 heavy (non-hydrogen) atoms. The van der Waals surface area contributed by atoms with Crippen LogP contribution in [0.25, 0.3) is 10.9 Å². The average Bonchev–Trinajstić information content (AvgIpc) is 2.71. The summed E-state index contributed by atoms with van der Waals surface area (Å²) in [6, 6.07) is 5.86. The highest BCUT2D eigenvalue weighted by atomic mass is 16.3. The SMILES string of the molecule is CCc1cccc2c(C(=O)CO)c[nH]c12. The van der Waals surface area contributed by atoms with Crippen molar-refractivity contribution in [2.75, 3.05) is 6.61 Å². The predicted octanol–water partition coefficient (Wildman–Crippen LogP) is 1.91. The summed E-state index contributed by atoms with van der Waals surface area (Å²) in [5, 5.41) is 9.73. The molecule has 78 valence electrons. The molecule has 2 N–H and O–H groups in total. The molecule has 0 amide bonds. The summed E-state index contributed by atoms with van der Waals surface area (Å²) in [4.78, 5) is 14.5. The summed E-state index contributed by atoms with van der Waals surface area (Å²) in [6.07, 6.45) is 2.59. The van der Waals surface area contributed by atoms with Crippen LogP contribution in [0.2, 0.25) is 0 Å². The number of Topliss-reactive ketones (excluding diaryl/α,β-unsaturated/α-hetero) is 1. The number of nitrogens with one attached hydrogen (secondary N) is 1. The van der Waals surface area contributed by atoms with Crippen LogP contribution in [0.5, 0.6) is 0 Å². The molecule has 0 unspecified atom stereocenters. The standard InChI is InChI=1S/C12H13NO2/c1-2-8-4-3-5-9-10(11(15)7-14)6-13-12(8)9/h3-6,13-14H,2,7H2,1H3. The zero-order chi connectivity index (χ0) is 10.8. The number of aliphatic hydroxyl groups is 1. The van der Waals surface area contributed by atoms with E-state index in [0.29, 0.717) is 5.56 Å². The second kappa shape index (κ2) is 3.87. The van der Waals surface area contributed by atoms with E-state index in [4.69, 9.17) is 5.11 Å². The molecule has 1 aromatic carbocycles. The summed E-state index contributed by atoms with van der Waals surface area (Å²) < 4.78 is 0. The molecule has 0 aliphatic heterocycles. The largest absolute Gasteiger partial charge is 0.388 e. The van der Waals surface area contributed by atoms with Gasteiger partial charge in [-0.1, -0.05) is 25.1 Å². The van der Waals surface area contributed by atoms with Gasteiger partial charge in [-0.3, -0.25) is 4.79 Å². The van der Waals surface area contributed by atoms with Crippen molar-refractivity contribution in [1.82, 2.24) is 4.98 Å². The van der Waals surface area contributed by atoms with E-state index in [0.717, 1.165) is 17.3 Å². The highest BCUT2D eigenvalue weighted by Gasteiger charge is 2.11. The number of carbonyl (C=O) groups is 1. The molecule has 1 heterocycles. The van der Waals surface area contributed by atoms with Crippen LogP contribution in [0.3, 0.4) is 0 Å². The molecule has 0 saturated heterocycles. The fourth-order valence-electron chi connectivity index (χ4n) is 1.83. The molecule has 0 aliphatic rings. The van der Waals surface area contributed by atoms with E-state index in [1.165, 1.54) is 5.56 Å². The molecule has 2 rings (SSSR count). The number of aryl methyl sites for hydroxylation is 1. The average molecular weight is 203 g/mol. The Labute approximate surface area is 87.7 Å². The van der Waals surface area contributed by atoms with Gasteiger partial charge >= 0.3 is 0 Å². The van der Waals surface area contributed by atoms with Crippen molar-refractivity contribution in [2.45, 2.75) is 13.3 Å². The second-order valence-corrected chi connectivity index (χ2v) is 3.48. The number of ketones is 1. The van der Waals surface area contributed by atoms with Gasteiger partial charge in [0.05, 0.1) is 0 Å². The first-order chi connectivity index (χ1) is 7.27. The first-order valence-electron chi connectivity index (χ1n) is 5.01. The molecule has 0 radical (unpaired) electrons. The van der Waals surface area contributed by atoms with E-state index in [1.54, 1.807) is 6.20 Å². The number of hydrogen-bond donors (Lipinski definition) is 2. The van der Waals surface area contributed by atoms with Crippen LogP contribution in [0, 0.1) is 0 Å². The fourth-order valence-corrected chi connectivity index (χ4v) is 1.83. The van der Waals surface area contributed by atoms with Crippen LogP contribution in [0.15, 0.2) is 24.4 Å². The van der Waals surface area contributed by atoms with Gasteiger partial charge in [-0.05, 0) is 12.0 Å². The minimum absolute atomic E-state index is 0.241. The Bertz CT molecular complexity index is 499. The quantitative estimate of drug-likeness (QED) is 0.748. The molecule has 0 saturated carbocycles. The van der Waals surface area contributed by atoms with Crippen LogP contribution in [0.1, 0.15) is 22.8 Å². The predicted molar refractivity (Wildman–Crippen MR) is 59.1 cm³/mol. The first kappa shape index (κ1) is 9.93. The molecule has 3 nitrogen and oxygen atoms in total. The monoisotopic (exact) mass is 203 g/mol. The number of fused-ring (bicyclic) bond motifs is 1. The van der Waals surface area contributed by atoms with Gasteiger partial charge < -0.3 is 10.1 Å². The third kappa shape index (κ3) is 1.55. The molecule has 0 aliphatic carbocycles. The number of rotatable bonds is 3. The maximum absolute atomic E-state index is 11.4. The summed E-state index contributed by atoms with van der Waals surface area (Å²) in [5.74, 6) is -0.241. The lowest BCUT2D eigenvalue weighted by Crippen LogP contribution is -2.02. The van der Waals surface area contributed by atoms with Crippen molar-refractivity contribution >= 4 is 16.7 Å². The van der Waals surface area contributed by atoms with E-state index in [1.807, 2.05) is 18.2 Å². The summed E-state index contributed by atoms with van der Waals surface area (Å²) in [6.45, 7) is 1.63. The van der Waals surface area contributed by atoms with Crippen LogP contribution < -0.4 is 0 Å². The summed E-state index contributed by atoms with van der Waals surface area (Å²) in [5.41, 5.74) is 2.75. The number of aromatic nitrogens is 1. The van der Waals surface area contributed by atoms with Crippen molar-refractivity contribution in [1.29, 1.82) is 0 Å². The van der Waals surface area contributed by atoms with Crippen molar-refractivity contribution in [3.63, 3.8) is 0 Å². The number of benzene rings is 1. The van der Waals surface area contributed by atoms with Crippen molar-refractivity contribution in [3.05, 3.63) is 35.5 Å². The lowest BCUT2D eigenvalue weighted by Gasteiger charge is -1.99. The minimum Gasteiger partial charge on any atom is -0.388 e. The second-order valence-electron chi connectivity index (χ2n) is 3.48.